The molecule has 0 saturated carbocycles. The molecule has 1 N–H and O–H groups in total. The second-order valence-electron chi connectivity index (χ2n) is 7.46. The SMILES string of the molecule is CC(C)(C)C1CCN(C(=O)C2CC=CCC2C(=O)O)CC1. The number of piperidine rings is 1. The quantitative estimate of drug-likeness (QED) is 0.796. The maximum absolute atomic E-state index is 12.7. The lowest BCUT2D eigenvalue weighted by Gasteiger charge is -2.40. The molecule has 1 aliphatic heterocycles. The van der Waals surface area contributed by atoms with E-state index in [2.05, 4.69) is 20.8 Å². The van der Waals surface area contributed by atoms with E-state index < -0.39 is 11.9 Å². The molecule has 118 valence electrons. The highest BCUT2D eigenvalue weighted by Gasteiger charge is 2.38. The van der Waals surface area contributed by atoms with E-state index in [4.69, 9.17) is 0 Å². The van der Waals surface area contributed by atoms with Crippen molar-refractivity contribution >= 4 is 11.9 Å². The molecule has 0 radical (unpaired) electrons. The summed E-state index contributed by atoms with van der Waals surface area (Å²) in [5.41, 5.74) is 0.284. The predicted octanol–water partition coefficient (Wildman–Crippen LogP) is 2.94. The monoisotopic (exact) mass is 293 g/mol. The molecule has 0 aromatic rings. The Labute approximate surface area is 127 Å². The number of carbonyl (C=O) groups excluding carboxylic acids is 1. The molecule has 4 nitrogen and oxygen atoms in total. The summed E-state index contributed by atoms with van der Waals surface area (Å²) >= 11 is 0. The molecule has 21 heavy (non-hydrogen) atoms. The molecule has 1 heterocycles. The smallest absolute Gasteiger partial charge is 0.307 e. The summed E-state index contributed by atoms with van der Waals surface area (Å²) in [6, 6.07) is 0. The van der Waals surface area contributed by atoms with Gasteiger partial charge in [-0.15, -0.1) is 0 Å². The van der Waals surface area contributed by atoms with Crippen LogP contribution in [0.15, 0.2) is 12.2 Å². The zero-order valence-corrected chi connectivity index (χ0v) is 13.3. The molecule has 2 atom stereocenters. The van der Waals surface area contributed by atoms with Gasteiger partial charge in [-0.05, 0) is 37.0 Å². The van der Waals surface area contributed by atoms with Crippen LogP contribution in [-0.4, -0.2) is 35.0 Å². The third-order valence-corrected chi connectivity index (χ3v) is 5.10. The molecule has 2 aliphatic rings. The average molecular weight is 293 g/mol. The van der Waals surface area contributed by atoms with Gasteiger partial charge in [-0.1, -0.05) is 32.9 Å². The first-order valence-electron chi connectivity index (χ1n) is 7.97. The van der Waals surface area contributed by atoms with Crippen molar-refractivity contribution in [2.45, 2.75) is 46.5 Å². The number of carboxylic acids is 1. The molecular formula is C17H27NO3. The van der Waals surface area contributed by atoms with E-state index in [1.165, 1.54) is 0 Å². The number of aliphatic carboxylic acids is 1. The van der Waals surface area contributed by atoms with Crippen molar-refractivity contribution in [1.29, 1.82) is 0 Å². The van der Waals surface area contributed by atoms with Gasteiger partial charge in [-0.3, -0.25) is 9.59 Å². The van der Waals surface area contributed by atoms with Crippen molar-refractivity contribution in [3.63, 3.8) is 0 Å². The van der Waals surface area contributed by atoms with E-state index >= 15 is 0 Å². The number of nitrogens with zero attached hydrogens (tertiary/aromatic N) is 1. The fourth-order valence-corrected chi connectivity index (χ4v) is 3.56. The summed E-state index contributed by atoms with van der Waals surface area (Å²) in [5, 5.41) is 9.30. The fourth-order valence-electron chi connectivity index (χ4n) is 3.56. The fraction of sp³-hybridized carbons (Fsp3) is 0.765. The molecule has 0 spiro atoms. The van der Waals surface area contributed by atoms with Gasteiger partial charge in [0.05, 0.1) is 11.8 Å². The number of rotatable bonds is 2. The molecule has 1 amide bonds. The minimum atomic E-state index is -0.845. The highest BCUT2D eigenvalue weighted by atomic mass is 16.4. The summed E-state index contributed by atoms with van der Waals surface area (Å²) in [6.07, 6.45) is 6.92. The molecule has 0 aromatic carbocycles. The van der Waals surface area contributed by atoms with Gasteiger partial charge >= 0.3 is 5.97 Å². The first kappa shape index (κ1) is 16.1. The first-order valence-corrected chi connectivity index (χ1v) is 7.97. The summed E-state index contributed by atoms with van der Waals surface area (Å²) < 4.78 is 0. The highest BCUT2D eigenvalue weighted by molar-refractivity contribution is 5.85. The van der Waals surface area contributed by atoms with E-state index in [0.29, 0.717) is 18.8 Å². The number of amides is 1. The lowest BCUT2D eigenvalue weighted by molar-refractivity contribution is -0.151. The summed E-state index contributed by atoms with van der Waals surface area (Å²) in [7, 11) is 0. The molecule has 2 unspecified atom stereocenters. The minimum absolute atomic E-state index is 0.0408. The maximum atomic E-state index is 12.7. The van der Waals surface area contributed by atoms with Crippen LogP contribution in [0.1, 0.15) is 46.5 Å². The van der Waals surface area contributed by atoms with Crippen LogP contribution >= 0.6 is 0 Å². The first-order chi connectivity index (χ1) is 9.80. The van der Waals surface area contributed by atoms with Crippen LogP contribution in [0, 0.1) is 23.2 Å². The van der Waals surface area contributed by atoms with Gasteiger partial charge in [0, 0.05) is 13.1 Å². The van der Waals surface area contributed by atoms with Crippen LogP contribution in [0.3, 0.4) is 0 Å². The minimum Gasteiger partial charge on any atom is -0.481 e. The van der Waals surface area contributed by atoms with Crippen molar-refractivity contribution in [2.75, 3.05) is 13.1 Å². The van der Waals surface area contributed by atoms with Gasteiger partial charge in [0.25, 0.3) is 0 Å². The highest BCUT2D eigenvalue weighted by Crippen LogP contribution is 2.35. The van der Waals surface area contributed by atoms with Crippen LogP contribution < -0.4 is 0 Å². The Bertz CT molecular complexity index is 428. The van der Waals surface area contributed by atoms with Crippen LogP contribution in [0.4, 0.5) is 0 Å². The van der Waals surface area contributed by atoms with E-state index in [1.807, 2.05) is 17.1 Å². The maximum Gasteiger partial charge on any atom is 0.307 e. The Kier molecular flexibility index (Phi) is 4.74. The zero-order chi connectivity index (χ0) is 15.6. The second kappa shape index (κ2) is 6.20. The standard InChI is InChI=1S/C17H27NO3/c1-17(2,3)12-8-10-18(11-9-12)15(19)13-6-4-5-7-14(13)16(20)21/h4-5,12-14H,6-11H2,1-3H3,(H,20,21). The van der Waals surface area contributed by atoms with Crippen molar-refractivity contribution in [3.05, 3.63) is 12.2 Å². The largest absolute Gasteiger partial charge is 0.481 e. The molecule has 0 bridgehead atoms. The number of carboxylic acid groups (broad SMARTS) is 1. The van der Waals surface area contributed by atoms with E-state index in [0.717, 1.165) is 25.9 Å². The van der Waals surface area contributed by atoms with Gasteiger partial charge < -0.3 is 10.0 Å². The van der Waals surface area contributed by atoms with Gasteiger partial charge in [0.15, 0.2) is 0 Å². The number of hydrogen-bond acceptors (Lipinski definition) is 2. The predicted molar refractivity (Wildman–Crippen MR) is 81.7 cm³/mol. The van der Waals surface area contributed by atoms with Crippen molar-refractivity contribution in [2.24, 2.45) is 23.2 Å². The molecule has 0 aromatic heterocycles. The van der Waals surface area contributed by atoms with E-state index in [1.54, 1.807) is 0 Å². The number of carbonyl (C=O) groups is 2. The lowest BCUT2D eigenvalue weighted by atomic mass is 9.75. The summed E-state index contributed by atoms with van der Waals surface area (Å²) in [4.78, 5) is 25.9. The average Bonchev–Trinajstić information content (AvgIpc) is 2.45. The number of allylic oxidation sites excluding steroid dienone is 2. The van der Waals surface area contributed by atoms with Gasteiger partial charge in [0.1, 0.15) is 0 Å². The molecule has 1 saturated heterocycles. The normalized spacial score (nSPS) is 27.7. The van der Waals surface area contributed by atoms with Crippen molar-refractivity contribution in [1.82, 2.24) is 4.90 Å². The molecule has 1 fully saturated rings. The van der Waals surface area contributed by atoms with Crippen LogP contribution in [0.2, 0.25) is 0 Å². The number of likely N-dealkylation sites (tertiary alicyclic amines) is 1. The van der Waals surface area contributed by atoms with Gasteiger partial charge in [-0.2, -0.15) is 0 Å². The Morgan fingerprint density at radius 3 is 2.05 bits per heavy atom. The van der Waals surface area contributed by atoms with Crippen molar-refractivity contribution < 1.29 is 14.7 Å². The second-order valence-corrected chi connectivity index (χ2v) is 7.46. The molecule has 4 heteroatoms. The lowest BCUT2D eigenvalue weighted by Crippen LogP contribution is -2.46. The summed E-state index contributed by atoms with van der Waals surface area (Å²) in [5.74, 6) is -1.09. The van der Waals surface area contributed by atoms with E-state index in [9.17, 15) is 14.7 Å². The van der Waals surface area contributed by atoms with Crippen LogP contribution in [-0.2, 0) is 9.59 Å². The molecule has 2 rings (SSSR count). The Morgan fingerprint density at radius 1 is 1.05 bits per heavy atom. The van der Waals surface area contributed by atoms with Crippen LogP contribution in [0.25, 0.3) is 0 Å². The van der Waals surface area contributed by atoms with Gasteiger partial charge in [0.2, 0.25) is 5.91 Å². The zero-order valence-electron chi connectivity index (χ0n) is 13.3. The van der Waals surface area contributed by atoms with Crippen LogP contribution in [0.5, 0.6) is 0 Å². The molecule has 1 aliphatic carbocycles. The Balaban J connectivity index is 1.98. The number of hydrogen-bond donors (Lipinski definition) is 1. The van der Waals surface area contributed by atoms with Crippen molar-refractivity contribution in [3.8, 4) is 0 Å². The third-order valence-electron chi connectivity index (χ3n) is 5.10. The van der Waals surface area contributed by atoms with E-state index in [-0.39, 0.29) is 17.2 Å². The Hall–Kier alpha value is -1.32. The Morgan fingerprint density at radius 2 is 1.57 bits per heavy atom. The third kappa shape index (κ3) is 3.66. The summed E-state index contributed by atoms with van der Waals surface area (Å²) in [6.45, 7) is 8.30. The topological polar surface area (TPSA) is 57.6 Å². The molecular weight excluding hydrogens is 266 g/mol. The van der Waals surface area contributed by atoms with Gasteiger partial charge in [-0.25, -0.2) is 0 Å².